The van der Waals surface area contributed by atoms with E-state index >= 15 is 0 Å². The average molecular weight is 196 g/mol. The zero-order valence-electron chi connectivity index (χ0n) is 9.60. The lowest BCUT2D eigenvalue weighted by atomic mass is 9.92. The monoisotopic (exact) mass is 196 g/mol. The summed E-state index contributed by atoms with van der Waals surface area (Å²) in [7, 11) is 0. The molecule has 1 aliphatic heterocycles. The smallest absolute Gasteiger partial charge is 0.0192 e. The lowest BCUT2D eigenvalue weighted by Gasteiger charge is -2.21. The van der Waals surface area contributed by atoms with Gasteiger partial charge in [0.1, 0.15) is 0 Å². The topological polar surface area (TPSA) is 24.1 Å². The summed E-state index contributed by atoms with van der Waals surface area (Å²) in [5.74, 6) is 0.853. The van der Waals surface area contributed by atoms with Gasteiger partial charge in [0.2, 0.25) is 0 Å². The van der Waals surface area contributed by atoms with E-state index in [4.69, 9.17) is 0 Å². The van der Waals surface area contributed by atoms with Crippen LogP contribution in [0.5, 0.6) is 0 Å². The number of hydrogen-bond acceptors (Lipinski definition) is 2. The molecular weight excluding hydrogens is 172 g/mol. The first-order chi connectivity index (χ1) is 6.73. The van der Waals surface area contributed by atoms with Crippen LogP contribution in [0, 0.1) is 11.3 Å². The molecular formula is C12H24N2. The van der Waals surface area contributed by atoms with Crippen LogP contribution in [0.25, 0.3) is 0 Å². The molecule has 0 aromatic heterocycles. The highest BCUT2D eigenvalue weighted by atomic mass is 15.0. The van der Waals surface area contributed by atoms with Gasteiger partial charge in [0.25, 0.3) is 0 Å². The largest absolute Gasteiger partial charge is 0.315 e. The lowest BCUT2D eigenvalue weighted by Crippen LogP contribution is -2.37. The first-order valence-electron chi connectivity index (χ1n) is 6.17. The predicted octanol–water partition coefficient (Wildman–Crippen LogP) is 1.76. The Labute approximate surface area is 87.8 Å². The van der Waals surface area contributed by atoms with Gasteiger partial charge in [-0.25, -0.2) is 0 Å². The van der Waals surface area contributed by atoms with E-state index in [0.717, 1.165) is 12.0 Å². The second-order valence-corrected chi connectivity index (χ2v) is 5.44. The third-order valence-corrected chi connectivity index (χ3v) is 4.15. The molecule has 1 heterocycles. The van der Waals surface area contributed by atoms with Crippen LogP contribution >= 0.6 is 0 Å². The molecule has 0 aromatic carbocycles. The quantitative estimate of drug-likeness (QED) is 0.700. The summed E-state index contributed by atoms with van der Waals surface area (Å²) in [6, 6.07) is 0.748. The third kappa shape index (κ3) is 2.29. The molecule has 0 aromatic rings. The molecule has 0 bridgehead atoms. The maximum absolute atomic E-state index is 3.65. The Hall–Kier alpha value is -0.0800. The summed E-state index contributed by atoms with van der Waals surface area (Å²) < 4.78 is 0. The van der Waals surface area contributed by atoms with Crippen molar-refractivity contribution < 1.29 is 0 Å². The molecule has 82 valence electrons. The van der Waals surface area contributed by atoms with E-state index in [0.29, 0.717) is 5.41 Å². The second kappa shape index (κ2) is 4.19. The fraction of sp³-hybridized carbons (Fsp3) is 1.00. The SMILES string of the molecule is CC(C)C1(CNCC2CCCN2)CC1. The molecule has 1 saturated heterocycles. The van der Waals surface area contributed by atoms with Crippen LogP contribution in [0.3, 0.4) is 0 Å². The molecule has 2 aliphatic rings. The van der Waals surface area contributed by atoms with Crippen molar-refractivity contribution in [2.24, 2.45) is 11.3 Å². The van der Waals surface area contributed by atoms with Crippen molar-refractivity contribution in [3.63, 3.8) is 0 Å². The van der Waals surface area contributed by atoms with E-state index < -0.39 is 0 Å². The zero-order valence-corrected chi connectivity index (χ0v) is 9.60. The van der Waals surface area contributed by atoms with Gasteiger partial charge in [-0.3, -0.25) is 0 Å². The first-order valence-corrected chi connectivity index (χ1v) is 6.17. The van der Waals surface area contributed by atoms with Crippen LogP contribution in [0.2, 0.25) is 0 Å². The van der Waals surface area contributed by atoms with Gasteiger partial charge in [0, 0.05) is 19.1 Å². The van der Waals surface area contributed by atoms with Gasteiger partial charge in [0.15, 0.2) is 0 Å². The highest BCUT2D eigenvalue weighted by molar-refractivity contribution is 4.97. The summed E-state index contributed by atoms with van der Waals surface area (Å²) >= 11 is 0. The Kier molecular flexibility index (Phi) is 3.13. The number of rotatable bonds is 5. The summed E-state index contributed by atoms with van der Waals surface area (Å²) in [6.07, 6.45) is 5.61. The Bertz CT molecular complexity index is 179. The minimum Gasteiger partial charge on any atom is -0.315 e. The molecule has 1 atom stereocenters. The summed E-state index contributed by atoms with van der Waals surface area (Å²) in [5, 5.41) is 7.18. The highest BCUT2D eigenvalue weighted by Gasteiger charge is 2.44. The second-order valence-electron chi connectivity index (χ2n) is 5.44. The van der Waals surface area contributed by atoms with Crippen molar-refractivity contribution >= 4 is 0 Å². The molecule has 0 radical (unpaired) electrons. The lowest BCUT2D eigenvalue weighted by molar-refractivity contribution is 0.332. The van der Waals surface area contributed by atoms with Crippen molar-refractivity contribution in [2.75, 3.05) is 19.6 Å². The Morgan fingerprint density at radius 3 is 2.71 bits per heavy atom. The Morgan fingerprint density at radius 2 is 2.21 bits per heavy atom. The van der Waals surface area contributed by atoms with E-state index in [9.17, 15) is 0 Å². The van der Waals surface area contributed by atoms with Gasteiger partial charge in [-0.05, 0) is 43.6 Å². The molecule has 0 amide bonds. The van der Waals surface area contributed by atoms with E-state index in [2.05, 4.69) is 24.5 Å². The fourth-order valence-corrected chi connectivity index (χ4v) is 2.55. The molecule has 2 N–H and O–H groups in total. The molecule has 2 heteroatoms. The highest BCUT2D eigenvalue weighted by Crippen LogP contribution is 2.51. The van der Waals surface area contributed by atoms with E-state index in [1.807, 2.05) is 0 Å². The van der Waals surface area contributed by atoms with Crippen molar-refractivity contribution in [2.45, 2.75) is 45.6 Å². The number of hydrogen-bond donors (Lipinski definition) is 2. The minimum absolute atomic E-state index is 0.665. The Balaban J connectivity index is 1.62. The van der Waals surface area contributed by atoms with E-state index in [1.54, 1.807) is 0 Å². The standard InChI is InChI=1S/C12H24N2/c1-10(2)12(5-6-12)9-13-8-11-4-3-7-14-11/h10-11,13-14H,3-9H2,1-2H3. The van der Waals surface area contributed by atoms with Crippen molar-refractivity contribution in [3.8, 4) is 0 Å². The van der Waals surface area contributed by atoms with E-state index in [-0.39, 0.29) is 0 Å². The summed E-state index contributed by atoms with van der Waals surface area (Å²) in [6.45, 7) is 8.37. The maximum Gasteiger partial charge on any atom is 0.0192 e. The molecule has 2 nitrogen and oxygen atoms in total. The predicted molar refractivity (Wildman–Crippen MR) is 60.4 cm³/mol. The van der Waals surface area contributed by atoms with Crippen molar-refractivity contribution in [1.82, 2.24) is 10.6 Å². The molecule has 1 aliphatic carbocycles. The van der Waals surface area contributed by atoms with Gasteiger partial charge in [0.05, 0.1) is 0 Å². The van der Waals surface area contributed by atoms with Crippen molar-refractivity contribution in [1.29, 1.82) is 0 Å². The molecule has 2 rings (SSSR count). The van der Waals surface area contributed by atoms with Crippen LogP contribution in [0.1, 0.15) is 39.5 Å². The molecule has 14 heavy (non-hydrogen) atoms. The average Bonchev–Trinajstić information content (AvgIpc) is 2.76. The summed E-state index contributed by atoms with van der Waals surface area (Å²) in [5.41, 5.74) is 0.665. The number of nitrogens with one attached hydrogen (secondary N) is 2. The summed E-state index contributed by atoms with van der Waals surface area (Å²) in [4.78, 5) is 0. The van der Waals surface area contributed by atoms with Gasteiger partial charge in [-0.1, -0.05) is 13.8 Å². The van der Waals surface area contributed by atoms with Crippen LogP contribution < -0.4 is 10.6 Å². The normalized spacial score (nSPS) is 29.8. The van der Waals surface area contributed by atoms with Gasteiger partial charge >= 0.3 is 0 Å². The van der Waals surface area contributed by atoms with Gasteiger partial charge in [-0.2, -0.15) is 0 Å². The van der Waals surface area contributed by atoms with Crippen molar-refractivity contribution in [3.05, 3.63) is 0 Å². The molecule has 1 unspecified atom stereocenters. The fourth-order valence-electron chi connectivity index (χ4n) is 2.55. The maximum atomic E-state index is 3.65. The molecule has 2 fully saturated rings. The third-order valence-electron chi connectivity index (χ3n) is 4.15. The first kappa shape index (κ1) is 10.4. The van der Waals surface area contributed by atoms with Crippen LogP contribution in [0.4, 0.5) is 0 Å². The van der Waals surface area contributed by atoms with E-state index in [1.165, 1.54) is 45.3 Å². The Morgan fingerprint density at radius 1 is 1.43 bits per heavy atom. The molecule has 0 spiro atoms. The zero-order chi connectivity index (χ0) is 10.0. The minimum atomic E-state index is 0.665. The van der Waals surface area contributed by atoms with Crippen LogP contribution in [0.15, 0.2) is 0 Å². The molecule has 1 saturated carbocycles. The van der Waals surface area contributed by atoms with Crippen LogP contribution in [-0.4, -0.2) is 25.7 Å². The van der Waals surface area contributed by atoms with Gasteiger partial charge < -0.3 is 10.6 Å². The van der Waals surface area contributed by atoms with Crippen LogP contribution in [-0.2, 0) is 0 Å². The van der Waals surface area contributed by atoms with Gasteiger partial charge in [-0.15, -0.1) is 0 Å².